The van der Waals surface area contributed by atoms with Crippen molar-refractivity contribution in [2.45, 2.75) is 37.4 Å². The van der Waals surface area contributed by atoms with E-state index in [9.17, 15) is 14.4 Å². The highest BCUT2D eigenvalue weighted by atomic mass is 16.5. The van der Waals surface area contributed by atoms with E-state index < -0.39 is 11.6 Å². The summed E-state index contributed by atoms with van der Waals surface area (Å²) in [4.78, 5) is 42.7. The first kappa shape index (κ1) is 18.6. The third kappa shape index (κ3) is 2.83. The Kier molecular flexibility index (Phi) is 4.42. The molecule has 0 spiro atoms. The fourth-order valence-corrected chi connectivity index (χ4v) is 4.50. The van der Waals surface area contributed by atoms with Crippen LogP contribution in [-0.4, -0.2) is 41.0 Å². The molecule has 3 aliphatic rings. The van der Waals surface area contributed by atoms with Crippen LogP contribution in [0.4, 0.5) is 5.69 Å². The first-order chi connectivity index (χ1) is 14.6. The molecule has 2 heterocycles. The standard InChI is InChI=1S/C24H22N2O4/c27-21-14-15-24(23(29)30-16-6-9-17-7-2-1-3-8-17)25(18-12-13-18)22(28)19-10-4-5-11-20(19)26(21)24/h1-11,18H,12-16H2/b9-6+/t24-/m0/s1. The molecule has 2 amide bonds. The number of para-hydroxylation sites is 1. The maximum absolute atomic E-state index is 13.4. The van der Waals surface area contributed by atoms with Crippen molar-refractivity contribution < 1.29 is 19.1 Å². The molecule has 0 aromatic heterocycles. The molecule has 2 aliphatic heterocycles. The Morgan fingerprint density at radius 3 is 2.57 bits per heavy atom. The van der Waals surface area contributed by atoms with Crippen LogP contribution in [0.3, 0.4) is 0 Å². The predicted molar refractivity (Wildman–Crippen MR) is 112 cm³/mol. The lowest BCUT2D eigenvalue weighted by molar-refractivity contribution is -0.156. The molecule has 1 saturated heterocycles. The van der Waals surface area contributed by atoms with Crippen molar-refractivity contribution in [1.82, 2.24) is 4.90 Å². The van der Waals surface area contributed by atoms with Crippen LogP contribution in [0.2, 0.25) is 0 Å². The summed E-state index contributed by atoms with van der Waals surface area (Å²) in [6.07, 6.45) is 5.77. The Morgan fingerprint density at radius 2 is 1.80 bits per heavy atom. The first-order valence-electron chi connectivity index (χ1n) is 10.3. The summed E-state index contributed by atoms with van der Waals surface area (Å²) in [5, 5.41) is 0. The Labute approximate surface area is 174 Å². The molecule has 1 atom stereocenters. The summed E-state index contributed by atoms with van der Waals surface area (Å²) in [7, 11) is 0. The second kappa shape index (κ2) is 7.13. The summed E-state index contributed by atoms with van der Waals surface area (Å²) in [5.74, 6) is -0.894. The first-order valence-corrected chi connectivity index (χ1v) is 10.3. The highest BCUT2D eigenvalue weighted by Gasteiger charge is 2.64. The number of hydrogen-bond acceptors (Lipinski definition) is 4. The molecule has 0 unspecified atom stereocenters. The van der Waals surface area contributed by atoms with E-state index in [4.69, 9.17) is 4.74 Å². The number of nitrogens with zero attached hydrogens (tertiary/aromatic N) is 2. The van der Waals surface area contributed by atoms with Crippen molar-refractivity contribution >= 4 is 29.5 Å². The van der Waals surface area contributed by atoms with E-state index >= 15 is 0 Å². The average Bonchev–Trinajstić information content (AvgIpc) is 3.54. The highest BCUT2D eigenvalue weighted by molar-refractivity contribution is 6.15. The van der Waals surface area contributed by atoms with Crippen LogP contribution in [0, 0.1) is 0 Å². The molecule has 0 radical (unpaired) electrons. The fraction of sp³-hybridized carbons (Fsp3) is 0.292. The minimum atomic E-state index is -1.38. The van der Waals surface area contributed by atoms with E-state index in [1.807, 2.05) is 36.4 Å². The number of carbonyl (C=O) groups is 3. The van der Waals surface area contributed by atoms with Gasteiger partial charge in [0, 0.05) is 18.9 Å². The van der Waals surface area contributed by atoms with Gasteiger partial charge in [0.2, 0.25) is 11.6 Å². The molecule has 5 rings (SSSR count). The van der Waals surface area contributed by atoms with E-state index in [1.54, 1.807) is 35.2 Å². The summed E-state index contributed by atoms with van der Waals surface area (Å²) in [5.41, 5.74) is 0.584. The molecule has 0 N–H and O–H groups in total. The number of esters is 1. The molecule has 30 heavy (non-hydrogen) atoms. The van der Waals surface area contributed by atoms with Gasteiger partial charge in [-0.3, -0.25) is 14.5 Å². The van der Waals surface area contributed by atoms with Crippen LogP contribution < -0.4 is 4.90 Å². The average molecular weight is 402 g/mol. The predicted octanol–water partition coefficient (Wildman–Crippen LogP) is 3.38. The van der Waals surface area contributed by atoms with Crippen molar-refractivity contribution in [3.63, 3.8) is 0 Å². The molecule has 2 fully saturated rings. The number of carbonyl (C=O) groups excluding carboxylic acids is 3. The second-order valence-electron chi connectivity index (χ2n) is 7.88. The van der Waals surface area contributed by atoms with Gasteiger partial charge in [0.05, 0.1) is 11.3 Å². The van der Waals surface area contributed by atoms with E-state index in [0.717, 1.165) is 18.4 Å². The largest absolute Gasteiger partial charge is 0.458 e. The van der Waals surface area contributed by atoms with Gasteiger partial charge >= 0.3 is 5.97 Å². The molecule has 0 bridgehead atoms. The van der Waals surface area contributed by atoms with E-state index in [-0.39, 0.29) is 37.3 Å². The minimum Gasteiger partial charge on any atom is -0.458 e. The van der Waals surface area contributed by atoms with Gasteiger partial charge in [-0.15, -0.1) is 0 Å². The van der Waals surface area contributed by atoms with Crippen molar-refractivity contribution in [3.8, 4) is 0 Å². The zero-order chi connectivity index (χ0) is 20.7. The van der Waals surface area contributed by atoms with Crippen molar-refractivity contribution in [1.29, 1.82) is 0 Å². The summed E-state index contributed by atoms with van der Waals surface area (Å²) in [6.45, 7) is 0.0753. The lowest BCUT2D eigenvalue weighted by Gasteiger charge is -2.48. The lowest BCUT2D eigenvalue weighted by Crippen LogP contribution is -2.69. The highest BCUT2D eigenvalue weighted by Crippen LogP contribution is 2.49. The van der Waals surface area contributed by atoms with Gasteiger partial charge in [-0.05, 0) is 36.6 Å². The molecule has 6 nitrogen and oxygen atoms in total. The third-order valence-corrected chi connectivity index (χ3v) is 5.96. The number of fused-ring (bicyclic) bond motifs is 3. The number of rotatable bonds is 5. The number of benzene rings is 2. The van der Waals surface area contributed by atoms with E-state index in [0.29, 0.717) is 11.3 Å². The Hall–Kier alpha value is -3.41. The molecule has 1 aliphatic carbocycles. The number of ether oxygens (including phenoxy) is 1. The molecule has 1 saturated carbocycles. The van der Waals surface area contributed by atoms with E-state index in [2.05, 4.69) is 0 Å². The summed E-state index contributed by atoms with van der Waals surface area (Å²) >= 11 is 0. The molecule has 152 valence electrons. The number of hydrogen-bond donors (Lipinski definition) is 0. The third-order valence-electron chi connectivity index (χ3n) is 5.96. The fourth-order valence-electron chi connectivity index (χ4n) is 4.50. The van der Waals surface area contributed by atoms with Crippen LogP contribution in [0.15, 0.2) is 60.7 Å². The van der Waals surface area contributed by atoms with Gasteiger partial charge in [-0.2, -0.15) is 0 Å². The molecule has 2 aromatic rings. The number of anilines is 1. The van der Waals surface area contributed by atoms with Crippen molar-refractivity contribution in [2.24, 2.45) is 0 Å². The van der Waals surface area contributed by atoms with Crippen molar-refractivity contribution in [2.75, 3.05) is 11.5 Å². The second-order valence-corrected chi connectivity index (χ2v) is 7.88. The van der Waals surface area contributed by atoms with Crippen LogP contribution in [0.5, 0.6) is 0 Å². The number of amides is 2. The van der Waals surface area contributed by atoms with Gasteiger partial charge in [0.15, 0.2) is 0 Å². The summed E-state index contributed by atoms with van der Waals surface area (Å²) < 4.78 is 5.61. The smallest absolute Gasteiger partial charge is 0.354 e. The van der Waals surface area contributed by atoms with Crippen LogP contribution in [0.1, 0.15) is 41.6 Å². The molecular weight excluding hydrogens is 380 g/mol. The van der Waals surface area contributed by atoms with Gasteiger partial charge in [0.25, 0.3) is 5.91 Å². The summed E-state index contributed by atoms with van der Waals surface area (Å²) in [6, 6.07) is 16.7. The quantitative estimate of drug-likeness (QED) is 0.719. The molecule has 6 heteroatoms. The van der Waals surface area contributed by atoms with Crippen LogP contribution in [0.25, 0.3) is 6.08 Å². The zero-order valence-electron chi connectivity index (χ0n) is 16.5. The van der Waals surface area contributed by atoms with Crippen molar-refractivity contribution in [3.05, 3.63) is 71.8 Å². The maximum atomic E-state index is 13.4. The van der Waals surface area contributed by atoms with Crippen LogP contribution in [-0.2, 0) is 14.3 Å². The van der Waals surface area contributed by atoms with Gasteiger partial charge in [-0.1, -0.05) is 48.5 Å². The SMILES string of the molecule is O=C1CC[C@@]2(C(=O)OC/C=C/c3ccccc3)N1c1ccccc1C(=O)N2C1CC1. The topological polar surface area (TPSA) is 66.9 Å². The maximum Gasteiger partial charge on any atom is 0.354 e. The molecular formula is C24H22N2O4. The lowest BCUT2D eigenvalue weighted by atomic mass is 9.96. The minimum absolute atomic E-state index is 0.0355. The zero-order valence-corrected chi connectivity index (χ0v) is 16.5. The van der Waals surface area contributed by atoms with Gasteiger partial charge in [0.1, 0.15) is 6.61 Å². The Balaban J connectivity index is 1.46. The van der Waals surface area contributed by atoms with Gasteiger partial charge in [-0.25, -0.2) is 4.79 Å². The molecule has 2 aromatic carbocycles. The Morgan fingerprint density at radius 1 is 1.07 bits per heavy atom. The monoisotopic (exact) mass is 402 g/mol. The van der Waals surface area contributed by atoms with E-state index in [1.165, 1.54) is 4.90 Å². The van der Waals surface area contributed by atoms with Gasteiger partial charge < -0.3 is 9.64 Å². The normalized spacial score (nSPS) is 22.9. The Bertz CT molecular complexity index is 1040. The van der Waals surface area contributed by atoms with Crippen LogP contribution >= 0.6 is 0 Å².